The Bertz CT molecular complexity index is 433. The Morgan fingerprint density at radius 1 is 1.38 bits per heavy atom. The zero-order valence-corrected chi connectivity index (χ0v) is 7.53. The lowest BCUT2D eigenvalue weighted by Crippen LogP contribution is -1.98. The Morgan fingerprint density at radius 2 is 2.15 bits per heavy atom. The average molecular weight is 179 g/mol. The Labute approximate surface area is 75.2 Å². The predicted molar refractivity (Wildman–Crippen MR) is 47.9 cm³/mol. The van der Waals surface area contributed by atoms with E-state index in [9.17, 15) is 4.39 Å². The highest BCUT2D eigenvalue weighted by molar-refractivity contribution is 5.74. The van der Waals surface area contributed by atoms with Crippen LogP contribution < -0.4 is 0 Å². The minimum atomic E-state index is -0.503. The molecule has 0 aromatic carbocycles. The maximum atomic E-state index is 13.1. The second-order valence-corrected chi connectivity index (χ2v) is 3.22. The molecule has 4 heteroatoms. The lowest BCUT2D eigenvalue weighted by atomic mass is 10.3. The molecular formula is C9H10FN3. The molecular weight excluding hydrogens is 169 g/mol. The SMILES string of the molecule is CC(C)n1cnc2c(F)nccc21. The fraction of sp³-hybridized carbons (Fsp3) is 0.333. The van der Waals surface area contributed by atoms with Gasteiger partial charge in [0.15, 0.2) is 0 Å². The molecule has 0 fully saturated rings. The third kappa shape index (κ3) is 1.18. The Kier molecular flexibility index (Phi) is 1.76. The smallest absolute Gasteiger partial charge is 0.240 e. The van der Waals surface area contributed by atoms with E-state index in [4.69, 9.17) is 0 Å². The first kappa shape index (κ1) is 8.16. The lowest BCUT2D eigenvalue weighted by molar-refractivity contribution is 0.593. The maximum absolute atomic E-state index is 13.1. The predicted octanol–water partition coefficient (Wildman–Crippen LogP) is 2.15. The number of rotatable bonds is 1. The summed E-state index contributed by atoms with van der Waals surface area (Å²) in [6.07, 6.45) is 3.10. The van der Waals surface area contributed by atoms with Gasteiger partial charge in [0.2, 0.25) is 5.95 Å². The lowest BCUT2D eigenvalue weighted by Gasteiger charge is -2.06. The van der Waals surface area contributed by atoms with Crippen molar-refractivity contribution < 1.29 is 4.39 Å². The quantitative estimate of drug-likeness (QED) is 0.628. The molecule has 0 aliphatic rings. The van der Waals surface area contributed by atoms with Crippen LogP contribution in [0.15, 0.2) is 18.6 Å². The van der Waals surface area contributed by atoms with Crippen LogP contribution in [-0.4, -0.2) is 14.5 Å². The third-order valence-electron chi connectivity index (χ3n) is 2.00. The second kappa shape index (κ2) is 2.80. The van der Waals surface area contributed by atoms with Crippen molar-refractivity contribution >= 4 is 11.0 Å². The molecule has 2 rings (SSSR count). The van der Waals surface area contributed by atoms with Crippen LogP contribution in [0.1, 0.15) is 19.9 Å². The molecule has 0 amide bonds. The van der Waals surface area contributed by atoms with Gasteiger partial charge in [-0.15, -0.1) is 0 Å². The number of hydrogen-bond donors (Lipinski definition) is 0. The molecule has 3 nitrogen and oxygen atoms in total. The van der Waals surface area contributed by atoms with E-state index >= 15 is 0 Å². The van der Waals surface area contributed by atoms with Gasteiger partial charge in [0.25, 0.3) is 0 Å². The highest BCUT2D eigenvalue weighted by Crippen LogP contribution is 2.17. The summed E-state index contributed by atoms with van der Waals surface area (Å²) in [5, 5.41) is 0. The zero-order valence-electron chi connectivity index (χ0n) is 7.53. The molecule has 2 heterocycles. The molecule has 0 unspecified atom stereocenters. The topological polar surface area (TPSA) is 30.7 Å². The summed E-state index contributed by atoms with van der Waals surface area (Å²) in [7, 11) is 0. The number of imidazole rings is 1. The van der Waals surface area contributed by atoms with Gasteiger partial charge in [-0.05, 0) is 19.9 Å². The van der Waals surface area contributed by atoms with Gasteiger partial charge in [0.05, 0.1) is 11.8 Å². The van der Waals surface area contributed by atoms with Crippen molar-refractivity contribution in [2.45, 2.75) is 19.9 Å². The fourth-order valence-corrected chi connectivity index (χ4v) is 1.34. The molecule has 0 radical (unpaired) electrons. The standard InChI is InChI=1S/C9H10FN3/c1-6(2)13-5-12-8-7(13)3-4-11-9(8)10/h3-6H,1-2H3. The van der Waals surface area contributed by atoms with E-state index in [0.717, 1.165) is 5.52 Å². The molecule has 2 aromatic rings. The van der Waals surface area contributed by atoms with Crippen LogP contribution >= 0.6 is 0 Å². The van der Waals surface area contributed by atoms with E-state index in [1.54, 1.807) is 12.4 Å². The van der Waals surface area contributed by atoms with E-state index in [1.807, 2.05) is 18.4 Å². The van der Waals surface area contributed by atoms with Crippen LogP contribution in [0.3, 0.4) is 0 Å². The minimum Gasteiger partial charge on any atom is -0.328 e. The number of pyridine rings is 1. The first-order chi connectivity index (χ1) is 6.20. The van der Waals surface area contributed by atoms with Crippen LogP contribution in [0.5, 0.6) is 0 Å². The Morgan fingerprint density at radius 3 is 2.85 bits per heavy atom. The van der Waals surface area contributed by atoms with E-state index in [-0.39, 0.29) is 6.04 Å². The number of halogens is 1. The van der Waals surface area contributed by atoms with Crippen LogP contribution in [0.25, 0.3) is 11.0 Å². The highest BCUT2D eigenvalue weighted by Gasteiger charge is 2.08. The number of fused-ring (bicyclic) bond motifs is 1. The molecule has 0 saturated carbocycles. The summed E-state index contributed by atoms with van der Waals surface area (Å²) >= 11 is 0. The van der Waals surface area contributed by atoms with Crippen molar-refractivity contribution in [3.63, 3.8) is 0 Å². The van der Waals surface area contributed by atoms with Crippen molar-refractivity contribution in [1.29, 1.82) is 0 Å². The maximum Gasteiger partial charge on any atom is 0.240 e. The molecule has 0 bridgehead atoms. The van der Waals surface area contributed by atoms with Crippen molar-refractivity contribution in [2.75, 3.05) is 0 Å². The Balaban J connectivity index is 2.75. The van der Waals surface area contributed by atoms with Crippen LogP contribution in [0, 0.1) is 5.95 Å². The van der Waals surface area contributed by atoms with Crippen LogP contribution in [0.4, 0.5) is 4.39 Å². The molecule has 0 atom stereocenters. The van der Waals surface area contributed by atoms with Gasteiger partial charge in [0, 0.05) is 12.2 Å². The first-order valence-corrected chi connectivity index (χ1v) is 4.17. The highest BCUT2D eigenvalue weighted by atomic mass is 19.1. The fourth-order valence-electron chi connectivity index (χ4n) is 1.34. The number of aromatic nitrogens is 3. The summed E-state index contributed by atoms with van der Waals surface area (Å²) in [6, 6.07) is 2.05. The summed E-state index contributed by atoms with van der Waals surface area (Å²) in [5.41, 5.74) is 1.14. The molecule has 2 aromatic heterocycles. The van der Waals surface area contributed by atoms with Gasteiger partial charge in [-0.25, -0.2) is 9.97 Å². The number of nitrogens with zero attached hydrogens (tertiary/aromatic N) is 3. The zero-order chi connectivity index (χ0) is 9.42. The van der Waals surface area contributed by atoms with Gasteiger partial charge in [0.1, 0.15) is 5.52 Å². The normalized spacial score (nSPS) is 11.4. The molecule has 0 aliphatic heterocycles. The van der Waals surface area contributed by atoms with Crippen LogP contribution in [0.2, 0.25) is 0 Å². The monoisotopic (exact) mass is 179 g/mol. The van der Waals surface area contributed by atoms with E-state index < -0.39 is 5.95 Å². The van der Waals surface area contributed by atoms with E-state index in [2.05, 4.69) is 9.97 Å². The molecule has 0 N–H and O–H groups in total. The third-order valence-corrected chi connectivity index (χ3v) is 2.00. The first-order valence-electron chi connectivity index (χ1n) is 4.17. The van der Waals surface area contributed by atoms with Gasteiger partial charge in [-0.3, -0.25) is 0 Å². The van der Waals surface area contributed by atoms with Gasteiger partial charge >= 0.3 is 0 Å². The van der Waals surface area contributed by atoms with Crippen LogP contribution in [-0.2, 0) is 0 Å². The minimum absolute atomic E-state index is 0.284. The van der Waals surface area contributed by atoms with Gasteiger partial charge in [-0.2, -0.15) is 4.39 Å². The summed E-state index contributed by atoms with van der Waals surface area (Å²) < 4.78 is 15.0. The number of hydrogen-bond acceptors (Lipinski definition) is 2. The second-order valence-electron chi connectivity index (χ2n) is 3.22. The van der Waals surface area contributed by atoms with E-state index in [1.165, 1.54) is 6.20 Å². The van der Waals surface area contributed by atoms with Gasteiger partial charge in [-0.1, -0.05) is 0 Å². The molecule has 13 heavy (non-hydrogen) atoms. The molecule has 0 aliphatic carbocycles. The molecule has 0 spiro atoms. The van der Waals surface area contributed by atoms with Crippen molar-refractivity contribution in [2.24, 2.45) is 0 Å². The summed E-state index contributed by atoms with van der Waals surface area (Å²) in [6.45, 7) is 4.05. The van der Waals surface area contributed by atoms with Crippen molar-refractivity contribution in [3.8, 4) is 0 Å². The molecule has 68 valence electrons. The summed E-state index contributed by atoms with van der Waals surface area (Å²) in [4.78, 5) is 7.50. The van der Waals surface area contributed by atoms with Gasteiger partial charge < -0.3 is 4.57 Å². The summed E-state index contributed by atoms with van der Waals surface area (Å²) in [5.74, 6) is -0.503. The van der Waals surface area contributed by atoms with E-state index in [0.29, 0.717) is 5.52 Å². The molecule has 0 saturated heterocycles. The average Bonchev–Trinajstić information content (AvgIpc) is 2.48. The Hall–Kier alpha value is -1.45. The van der Waals surface area contributed by atoms with Crippen molar-refractivity contribution in [3.05, 3.63) is 24.5 Å². The van der Waals surface area contributed by atoms with Crippen molar-refractivity contribution in [1.82, 2.24) is 14.5 Å². The largest absolute Gasteiger partial charge is 0.328 e.